The summed E-state index contributed by atoms with van der Waals surface area (Å²) in [5.74, 6) is -0.920. The van der Waals surface area contributed by atoms with Crippen LogP contribution in [0.5, 0.6) is 0 Å². The van der Waals surface area contributed by atoms with Crippen LogP contribution < -0.4 is 0 Å². The van der Waals surface area contributed by atoms with E-state index in [-0.39, 0.29) is 16.1 Å². The molecule has 0 aliphatic rings. The molecule has 0 aliphatic heterocycles. The minimum Gasteiger partial charge on any atom is -0.206 e. The molecule has 1 aromatic rings. The summed E-state index contributed by atoms with van der Waals surface area (Å²) in [5.41, 5.74) is -1.09. The zero-order chi connectivity index (χ0) is 13.3. The second kappa shape index (κ2) is 4.88. The summed E-state index contributed by atoms with van der Waals surface area (Å²) in [6, 6.07) is 3.40. The lowest BCUT2D eigenvalue weighted by atomic mass is 10.1. The van der Waals surface area contributed by atoms with E-state index in [0.717, 1.165) is 6.07 Å². The third-order valence-electron chi connectivity index (χ3n) is 2.04. The maximum atomic E-state index is 13.6. The molecule has 0 radical (unpaired) electrons. The molecule has 0 N–H and O–H groups in total. The summed E-state index contributed by atoms with van der Waals surface area (Å²) in [7, 11) is 0. The first-order valence-corrected chi connectivity index (χ1v) is 6.08. The summed E-state index contributed by atoms with van der Waals surface area (Å²) in [4.78, 5) is 0. The predicted molar refractivity (Wildman–Crippen MR) is 62.5 cm³/mol. The lowest BCUT2D eigenvalue weighted by Crippen LogP contribution is -2.11. The highest BCUT2D eigenvalue weighted by atomic mass is 32.2. The fraction of sp³-hybridized carbons (Fsp3) is 0.500. The number of alkyl halides is 3. The van der Waals surface area contributed by atoms with Crippen LogP contribution in [0.3, 0.4) is 0 Å². The van der Waals surface area contributed by atoms with Gasteiger partial charge in [0.2, 0.25) is 0 Å². The van der Waals surface area contributed by atoms with Gasteiger partial charge in [-0.1, -0.05) is 32.9 Å². The quantitative estimate of drug-likeness (QED) is 0.688. The summed E-state index contributed by atoms with van der Waals surface area (Å²) < 4.78 is 50.9. The molecule has 0 saturated heterocycles. The third kappa shape index (κ3) is 4.22. The molecule has 0 atom stereocenters. The molecule has 0 spiro atoms. The Morgan fingerprint density at radius 1 is 1.12 bits per heavy atom. The van der Waals surface area contributed by atoms with E-state index in [4.69, 9.17) is 0 Å². The average molecular weight is 266 g/mol. The zero-order valence-electron chi connectivity index (χ0n) is 9.86. The Bertz CT molecular complexity index is 390. The minimum atomic E-state index is -4.63. The van der Waals surface area contributed by atoms with Gasteiger partial charge in [0.05, 0.1) is 5.56 Å². The van der Waals surface area contributed by atoms with Crippen LogP contribution in [0.2, 0.25) is 0 Å². The van der Waals surface area contributed by atoms with Gasteiger partial charge in [-0.2, -0.15) is 24.9 Å². The molecule has 17 heavy (non-hydrogen) atoms. The normalized spacial score (nSPS) is 12.9. The van der Waals surface area contributed by atoms with Gasteiger partial charge in [-0.3, -0.25) is 0 Å². The lowest BCUT2D eigenvalue weighted by molar-refractivity contribution is -0.140. The van der Waals surface area contributed by atoms with E-state index in [9.17, 15) is 17.6 Å². The van der Waals surface area contributed by atoms with Gasteiger partial charge < -0.3 is 0 Å². The Morgan fingerprint density at radius 3 is 2.18 bits per heavy atom. The van der Waals surface area contributed by atoms with Crippen molar-refractivity contribution in [2.75, 3.05) is 0 Å². The molecule has 0 saturated carbocycles. The van der Waals surface area contributed by atoms with E-state index in [0.29, 0.717) is 0 Å². The van der Waals surface area contributed by atoms with E-state index in [1.54, 1.807) is 0 Å². The highest BCUT2D eigenvalue weighted by Gasteiger charge is 2.34. The molecule has 0 amide bonds. The van der Waals surface area contributed by atoms with Gasteiger partial charge >= 0.3 is 6.18 Å². The van der Waals surface area contributed by atoms with Crippen molar-refractivity contribution in [2.24, 2.45) is 0 Å². The first-order valence-electron chi connectivity index (χ1n) is 5.10. The van der Waals surface area contributed by atoms with Crippen molar-refractivity contribution in [3.8, 4) is 0 Å². The van der Waals surface area contributed by atoms with E-state index in [2.05, 4.69) is 0 Å². The van der Waals surface area contributed by atoms with Gasteiger partial charge in [0.1, 0.15) is 5.82 Å². The van der Waals surface area contributed by atoms with Gasteiger partial charge in [-0.25, -0.2) is 4.39 Å². The molecule has 0 heterocycles. The van der Waals surface area contributed by atoms with Crippen LogP contribution in [-0.4, -0.2) is 4.75 Å². The van der Waals surface area contributed by atoms with Crippen LogP contribution in [0.1, 0.15) is 31.9 Å². The van der Waals surface area contributed by atoms with E-state index >= 15 is 0 Å². The first-order chi connectivity index (χ1) is 7.61. The van der Waals surface area contributed by atoms with Gasteiger partial charge in [0.25, 0.3) is 0 Å². The third-order valence-corrected chi connectivity index (χ3v) is 3.37. The van der Waals surface area contributed by atoms with Crippen molar-refractivity contribution in [3.05, 3.63) is 35.1 Å². The molecule has 0 unspecified atom stereocenters. The predicted octanol–water partition coefficient (Wildman–Crippen LogP) is 4.88. The van der Waals surface area contributed by atoms with Crippen molar-refractivity contribution in [1.82, 2.24) is 0 Å². The Labute approximate surface area is 102 Å². The second-order valence-electron chi connectivity index (χ2n) is 4.68. The van der Waals surface area contributed by atoms with Crippen LogP contribution in [0, 0.1) is 5.82 Å². The smallest absolute Gasteiger partial charge is 0.206 e. The first kappa shape index (κ1) is 14.4. The largest absolute Gasteiger partial charge is 0.419 e. The van der Waals surface area contributed by atoms with Crippen LogP contribution in [0.25, 0.3) is 0 Å². The SMILES string of the molecule is CC(C)(C)SCc1cccc(C(F)(F)F)c1F. The van der Waals surface area contributed by atoms with Crippen LogP contribution >= 0.6 is 11.8 Å². The molecule has 5 heteroatoms. The van der Waals surface area contributed by atoms with Crippen molar-refractivity contribution in [1.29, 1.82) is 0 Å². The molecule has 0 bridgehead atoms. The molecule has 0 nitrogen and oxygen atoms in total. The number of hydrogen-bond acceptors (Lipinski definition) is 1. The zero-order valence-corrected chi connectivity index (χ0v) is 10.7. The summed E-state index contributed by atoms with van der Waals surface area (Å²) in [5, 5.41) is 0. The number of hydrogen-bond donors (Lipinski definition) is 0. The number of benzene rings is 1. The van der Waals surface area contributed by atoms with Gasteiger partial charge in [-0.15, -0.1) is 0 Å². The maximum Gasteiger partial charge on any atom is 0.419 e. The summed E-state index contributed by atoms with van der Waals surface area (Å²) >= 11 is 1.41. The molecule has 1 aromatic carbocycles. The standard InChI is InChI=1S/C12H14F4S/c1-11(2,3)17-7-8-5-4-6-9(10(8)13)12(14,15)16/h4-6H,7H2,1-3H3. The van der Waals surface area contributed by atoms with Crippen molar-refractivity contribution in [3.63, 3.8) is 0 Å². The Morgan fingerprint density at radius 2 is 1.71 bits per heavy atom. The highest BCUT2D eigenvalue weighted by Crippen LogP contribution is 2.34. The highest BCUT2D eigenvalue weighted by molar-refractivity contribution is 7.99. The number of halogens is 4. The average Bonchev–Trinajstić information content (AvgIpc) is 2.13. The van der Waals surface area contributed by atoms with Crippen molar-refractivity contribution in [2.45, 2.75) is 37.4 Å². The van der Waals surface area contributed by atoms with E-state index in [1.165, 1.54) is 23.9 Å². The number of thioether (sulfide) groups is 1. The van der Waals surface area contributed by atoms with Crippen LogP contribution in [0.15, 0.2) is 18.2 Å². The van der Waals surface area contributed by atoms with Crippen LogP contribution in [-0.2, 0) is 11.9 Å². The number of rotatable bonds is 2. The van der Waals surface area contributed by atoms with E-state index in [1.807, 2.05) is 20.8 Å². The Hall–Kier alpha value is -0.710. The fourth-order valence-electron chi connectivity index (χ4n) is 1.20. The van der Waals surface area contributed by atoms with Crippen LogP contribution in [0.4, 0.5) is 17.6 Å². The molecular weight excluding hydrogens is 252 g/mol. The van der Waals surface area contributed by atoms with E-state index < -0.39 is 17.6 Å². The lowest BCUT2D eigenvalue weighted by Gasteiger charge is -2.18. The van der Waals surface area contributed by atoms with Crippen molar-refractivity contribution < 1.29 is 17.6 Å². The maximum absolute atomic E-state index is 13.6. The summed E-state index contributed by atoms with van der Waals surface area (Å²) in [6.45, 7) is 5.80. The molecule has 0 fully saturated rings. The fourth-order valence-corrected chi connectivity index (χ4v) is 2.02. The molecule has 1 rings (SSSR count). The molecule has 0 aromatic heterocycles. The Balaban J connectivity index is 2.96. The van der Waals surface area contributed by atoms with Gasteiger partial charge in [-0.05, 0) is 11.6 Å². The minimum absolute atomic E-state index is 0.0970. The van der Waals surface area contributed by atoms with Crippen molar-refractivity contribution >= 4 is 11.8 Å². The molecular formula is C12H14F4S. The van der Waals surface area contributed by atoms with Gasteiger partial charge in [0.15, 0.2) is 0 Å². The molecule has 96 valence electrons. The summed E-state index contributed by atoms with van der Waals surface area (Å²) in [6.07, 6.45) is -4.63. The molecule has 0 aliphatic carbocycles. The topological polar surface area (TPSA) is 0 Å². The van der Waals surface area contributed by atoms with Gasteiger partial charge in [0, 0.05) is 10.5 Å². The second-order valence-corrected chi connectivity index (χ2v) is 6.48. The monoisotopic (exact) mass is 266 g/mol. The Kier molecular flexibility index (Phi) is 4.12.